The van der Waals surface area contributed by atoms with E-state index in [0.717, 1.165) is 32.2 Å². The molecule has 4 nitrogen and oxygen atoms in total. The standard InChI is InChI=1S/C15H29N3O/c1-3-18(14(19)17-13-7-4-8-13)15(11-16)9-5-6-12(2)10-15/h12-13H,3-11,16H2,1-2H3,(H,17,19). The molecule has 0 aliphatic heterocycles. The molecule has 0 saturated heterocycles. The van der Waals surface area contributed by atoms with Gasteiger partial charge in [0.05, 0.1) is 5.54 Å². The normalized spacial score (nSPS) is 31.6. The summed E-state index contributed by atoms with van der Waals surface area (Å²) < 4.78 is 0. The van der Waals surface area contributed by atoms with E-state index in [1.165, 1.54) is 19.3 Å². The maximum atomic E-state index is 12.5. The maximum Gasteiger partial charge on any atom is 0.318 e. The van der Waals surface area contributed by atoms with Gasteiger partial charge < -0.3 is 16.0 Å². The van der Waals surface area contributed by atoms with Crippen molar-refractivity contribution >= 4 is 6.03 Å². The van der Waals surface area contributed by atoms with Crippen molar-refractivity contribution in [3.8, 4) is 0 Å². The SMILES string of the molecule is CCN(C(=O)NC1CCC1)C1(CN)CCCC(C)C1. The van der Waals surface area contributed by atoms with Crippen LogP contribution in [0.4, 0.5) is 4.79 Å². The lowest BCUT2D eigenvalue weighted by atomic mass is 9.75. The highest BCUT2D eigenvalue weighted by molar-refractivity contribution is 5.75. The zero-order valence-electron chi connectivity index (χ0n) is 12.5. The molecule has 2 aliphatic carbocycles. The van der Waals surface area contributed by atoms with Crippen molar-refractivity contribution in [1.82, 2.24) is 10.2 Å². The molecule has 2 rings (SSSR count). The third-order valence-electron chi connectivity index (χ3n) is 5.01. The average molecular weight is 267 g/mol. The molecule has 2 aliphatic rings. The van der Waals surface area contributed by atoms with E-state index < -0.39 is 0 Å². The zero-order chi connectivity index (χ0) is 13.9. The van der Waals surface area contributed by atoms with Crippen LogP contribution in [-0.4, -0.2) is 35.6 Å². The second kappa shape index (κ2) is 6.12. The van der Waals surface area contributed by atoms with E-state index in [1.54, 1.807) is 0 Å². The highest BCUT2D eigenvalue weighted by atomic mass is 16.2. The van der Waals surface area contributed by atoms with Crippen molar-refractivity contribution in [3.63, 3.8) is 0 Å². The third-order valence-corrected chi connectivity index (χ3v) is 5.01. The molecule has 0 aromatic rings. The number of amides is 2. The Labute approximate surface area is 117 Å². The van der Waals surface area contributed by atoms with Gasteiger partial charge in [-0.3, -0.25) is 0 Å². The van der Waals surface area contributed by atoms with E-state index in [-0.39, 0.29) is 11.6 Å². The van der Waals surface area contributed by atoms with E-state index in [4.69, 9.17) is 5.73 Å². The quantitative estimate of drug-likeness (QED) is 0.822. The minimum atomic E-state index is -0.111. The molecule has 0 heterocycles. The Morgan fingerprint density at radius 3 is 2.58 bits per heavy atom. The van der Waals surface area contributed by atoms with Crippen LogP contribution in [-0.2, 0) is 0 Å². The van der Waals surface area contributed by atoms with Crippen LogP contribution in [0.3, 0.4) is 0 Å². The van der Waals surface area contributed by atoms with Gasteiger partial charge >= 0.3 is 6.03 Å². The van der Waals surface area contributed by atoms with Crippen molar-refractivity contribution in [3.05, 3.63) is 0 Å². The molecule has 0 aromatic heterocycles. The smallest absolute Gasteiger partial charge is 0.318 e. The van der Waals surface area contributed by atoms with Crippen LogP contribution in [0.1, 0.15) is 58.8 Å². The predicted octanol–water partition coefficient (Wildman–Crippen LogP) is 2.48. The van der Waals surface area contributed by atoms with Crippen LogP contribution in [0.5, 0.6) is 0 Å². The molecule has 0 bridgehead atoms. The van der Waals surface area contributed by atoms with Crippen LogP contribution in [0.2, 0.25) is 0 Å². The first-order chi connectivity index (χ1) is 9.11. The third kappa shape index (κ3) is 3.04. The van der Waals surface area contributed by atoms with Crippen LogP contribution >= 0.6 is 0 Å². The summed E-state index contributed by atoms with van der Waals surface area (Å²) in [7, 11) is 0. The van der Waals surface area contributed by atoms with Gasteiger partial charge in [-0.15, -0.1) is 0 Å². The second-order valence-corrected chi connectivity index (χ2v) is 6.45. The number of urea groups is 1. The minimum absolute atomic E-state index is 0.103. The van der Waals surface area contributed by atoms with Gasteiger partial charge in [-0.1, -0.05) is 19.8 Å². The van der Waals surface area contributed by atoms with Crippen LogP contribution < -0.4 is 11.1 Å². The van der Waals surface area contributed by atoms with Crippen molar-refractivity contribution < 1.29 is 4.79 Å². The minimum Gasteiger partial charge on any atom is -0.335 e. The number of carbonyl (C=O) groups excluding carboxylic acids is 1. The fourth-order valence-electron chi connectivity index (χ4n) is 3.67. The Kier molecular flexibility index (Phi) is 4.71. The van der Waals surface area contributed by atoms with E-state index in [1.807, 2.05) is 4.90 Å². The first kappa shape index (κ1) is 14.6. The van der Waals surface area contributed by atoms with Gasteiger partial charge in [0.1, 0.15) is 0 Å². The number of hydrogen-bond donors (Lipinski definition) is 2. The molecular formula is C15H29N3O. The predicted molar refractivity (Wildman–Crippen MR) is 78.0 cm³/mol. The molecular weight excluding hydrogens is 238 g/mol. The van der Waals surface area contributed by atoms with Crippen molar-refractivity contribution in [2.24, 2.45) is 11.7 Å². The molecule has 110 valence electrons. The highest BCUT2D eigenvalue weighted by Crippen LogP contribution is 2.36. The number of nitrogens with zero attached hydrogens (tertiary/aromatic N) is 1. The number of carbonyl (C=O) groups is 1. The summed E-state index contributed by atoms with van der Waals surface area (Å²) in [5.74, 6) is 0.669. The lowest BCUT2D eigenvalue weighted by Gasteiger charge is -2.48. The first-order valence-corrected chi connectivity index (χ1v) is 7.89. The van der Waals surface area contributed by atoms with Crippen LogP contribution in [0.15, 0.2) is 0 Å². The van der Waals surface area contributed by atoms with Gasteiger partial charge in [-0.25, -0.2) is 4.79 Å². The Bertz CT molecular complexity index is 317. The molecule has 0 radical (unpaired) electrons. The molecule has 2 saturated carbocycles. The van der Waals surface area contributed by atoms with Gasteiger partial charge in [-0.05, 0) is 44.9 Å². The number of nitrogens with one attached hydrogen (secondary N) is 1. The van der Waals surface area contributed by atoms with Crippen LogP contribution in [0, 0.1) is 5.92 Å². The first-order valence-electron chi connectivity index (χ1n) is 7.89. The van der Waals surface area contributed by atoms with E-state index >= 15 is 0 Å². The second-order valence-electron chi connectivity index (χ2n) is 6.45. The molecule has 2 fully saturated rings. The van der Waals surface area contributed by atoms with E-state index in [9.17, 15) is 4.79 Å². The maximum absolute atomic E-state index is 12.5. The van der Waals surface area contributed by atoms with E-state index in [2.05, 4.69) is 19.2 Å². The van der Waals surface area contributed by atoms with Gasteiger partial charge in [0.2, 0.25) is 0 Å². The summed E-state index contributed by atoms with van der Waals surface area (Å²) in [5.41, 5.74) is 5.96. The van der Waals surface area contributed by atoms with Gasteiger partial charge in [0.15, 0.2) is 0 Å². The topological polar surface area (TPSA) is 58.4 Å². The average Bonchev–Trinajstić information content (AvgIpc) is 2.34. The zero-order valence-corrected chi connectivity index (χ0v) is 12.5. The molecule has 3 N–H and O–H groups in total. The molecule has 0 spiro atoms. The number of likely N-dealkylation sites (N-methyl/N-ethyl adjacent to an activating group) is 1. The molecule has 2 atom stereocenters. The van der Waals surface area contributed by atoms with Crippen molar-refractivity contribution in [1.29, 1.82) is 0 Å². The Hall–Kier alpha value is -0.770. The Balaban J connectivity index is 2.05. The Morgan fingerprint density at radius 2 is 2.11 bits per heavy atom. The monoisotopic (exact) mass is 267 g/mol. The fraction of sp³-hybridized carbons (Fsp3) is 0.933. The molecule has 19 heavy (non-hydrogen) atoms. The number of rotatable bonds is 4. The summed E-state index contributed by atoms with van der Waals surface area (Å²) in [5, 5.41) is 3.17. The molecule has 2 amide bonds. The summed E-state index contributed by atoms with van der Waals surface area (Å²) in [6.07, 6.45) is 8.07. The molecule has 4 heteroatoms. The summed E-state index contributed by atoms with van der Waals surface area (Å²) in [6, 6.07) is 0.504. The summed E-state index contributed by atoms with van der Waals surface area (Å²) in [4.78, 5) is 14.5. The fourth-order valence-corrected chi connectivity index (χ4v) is 3.67. The van der Waals surface area contributed by atoms with Gasteiger partial charge in [-0.2, -0.15) is 0 Å². The summed E-state index contributed by atoms with van der Waals surface area (Å²) in [6.45, 7) is 5.68. The number of hydrogen-bond acceptors (Lipinski definition) is 2. The largest absolute Gasteiger partial charge is 0.335 e. The van der Waals surface area contributed by atoms with Gasteiger partial charge in [0.25, 0.3) is 0 Å². The Morgan fingerprint density at radius 1 is 1.37 bits per heavy atom. The van der Waals surface area contributed by atoms with Crippen molar-refractivity contribution in [2.75, 3.05) is 13.1 Å². The highest BCUT2D eigenvalue weighted by Gasteiger charge is 2.41. The van der Waals surface area contributed by atoms with Gasteiger partial charge in [0, 0.05) is 19.1 Å². The van der Waals surface area contributed by atoms with Crippen LogP contribution in [0.25, 0.3) is 0 Å². The number of nitrogens with two attached hydrogens (primary N) is 1. The van der Waals surface area contributed by atoms with E-state index in [0.29, 0.717) is 18.5 Å². The molecule has 0 aromatic carbocycles. The lowest BCUT2D eigenvalue weighted by molar-refractivity contribution is 0.0666. The molecule has 2 unspecified atom stereocenters. The lowest BCUT2D eigenvalue weighted by Crippen LogP contribution is -2.61. The van der Waals surface area contributed by atoms with Crippen molar-refractivity contribution in [2.45, 2.75) is 70.4 Å². The summed E-state index contributed by atoms with van der Waals surface area (Å²) >= 11 is 0.